The first-order chi connectivity index (χ1) is 17.1. The molecule has 0 aliphatic carbocycles. The van der Waals surface area contributed by atoms with Gasteiger partial charge in [-0.05, 0) is 58.2 Å². The Morgan fingerprint density at radius 2 is 1.51 bits per heavy atom. The second kappa shape index (κ2) is 10.4. The summed E-state index contributed by atoms with van der Waals surface area (Å²) < 4.78 is 7.75. The van der Waals surface area contributed by atoms with Crippen LogP contribution in [0, 0.1) is 20.8 Å². The SMILES string of the molecule is Cc1ccc(-n2c(C)cc(/C=N\Nc3nc(N4CCCCC4)nc(N4CCOCC4)n3)c2C)cc1. The summed E-state index contributed by atoms with van der Waals surface area (Å²) in [5.41, 5.74) is 8.82. The van der Waals surface area contributed by atoms with Crippen LogP contribution in [0.4, 0.5) is 17.8 Å². The highest BCUT2D eigenvalue weighted by atomic mass is 16.5. The minimum Gasteiger partial charge on any atom is -0.378 e. The molecule has 35 heavy (non-hydrogen) atoms. The summed E-state index contributed by atoms with van der Waals surface area (Å²) in [6.45, 7) is 11.2. The van der Waals surface area contributed by atoms with Gasteiger partial charge < -0.3 is 19.1 Å². The number of aryl methyl sites for hydroxylation is 2. The molecule has 4 heterocycles. The normalized spacial score (nSPS) is 16.8. The molecule has 9 nitrogen and oxygen atoms in total. The average molecular weight is 475 g/mol. The van der Waals surface area contributed by atoms with E-state index in [0.717, 1.165) is 67.6 Å². The van der Waals surface area contributed by atoms with Gasteiger partial charge in [-0.15, -0.1) is 0 Å². The van der Waals surface area contributed by atoms with Crippen molar-refractivity contribution in [2.45, 2.75) is 40.0 Å². The first-order valence-electron chi connectivity index (χ1n) is 12.5. The predicted molar refractivity (Wildman–Crippen MR) is 140 cm³/mol. The smallest absolute Gasteiger partial charge is 0.250 e. The van der Waals surface area contributed by atoms with Gasteiger partial charge in [0.05, 0.1) is 19.4 Å². The van der Waals surface area contributed by atoms with E-state index in [0.29, 0.717) is 25.1 Å². The number of ether oxygens (including phenoxy) is 1. The number of morpholine rings is 1. The summed E-state index contributed by atoms with van der Waals surface area (Å²) in [6.07, 6.45) is 5.42. The number of aromatic nitrogens is 4. The molecule has 2 fully saturated rings. The van der Waals surface area contributed by atoms with Gasteiger partial charge in [0, 0.05) is 48.8 Å². The molecule has 2 aromatic heterocycles. The van der Waals surface area contributed by atoms with Gasteiger partial charge in [0.2, 0.25) is 17.8 Å². The van der Waals surface area contributed by atoms with Gasteiger partial charge in [0.1, 0.15) is 0 Å². The van der Waals surface area contributed by atoms with E-state index in [9.17, 15) is 0 Å². The Balaban J connectivity index is 1.38. The molecule has 0 spiro atoms. The lowest BCUT2D eigenvalue weighted by Gasteiger charge is -2.30. The first kappa shape index (κ1) is 23.3. The molecule has 1 N–H and O–H groups in total. The molecule has 184 valence electrons. The Hall–Kier alpha value is -3.46. The maximum Gasteiger partial charge on any atom is 0.250 e. The van der Waals surface area contributed by atoms with Crippen molar-refractivity contribution in [2.75, 3.05) is 54.6 Å². The third-order valence-electron chi connectivity index (χ3n) is 6.68. The number of nitrogens with one attached hydrogen (secondary N) is 1. The van der Waals surface area contributed by atoms with Gasteiger partial charge in [-0.1, -0.05) is 17.7 Å². The van der Waals surface area contributed by atoms with Crippen molar-refractivity contribution in [3.8, 4) is 5.69 Å². The Labute approximate surface area is 206 Å². The average Bonchev–Trinajstić information content (AvgIpc) is 3.18. The molecule has 2 saturated heterocycles. The molecule has 0 saturated carbocycles. The van der Waals surface area contributed by atoms with Crippen molar-refractivity contribution in [3.63, 3.8) is 0 Å². The van der Waals surface area contributed by atoms with Crippen LogP contribution in [-0.4, -0.2) is 65.1 Å². The lowest BCUT2D eigenvalue weighted by atomic mass is 10.1. The van der Waals surface area contributed by atoms with Gasteiger partial charge in [0.15, 0.2) is 0 Å². The monoisotopic (exact) mass is 474 g/mol. The molecule has 9 heteroatoms. The van der Waals surface area contributed by atoms with Crippen molar-refractivity contribution in [2.24, 2.45) is 5.10 Å². The zero-order valence-electron chi connectivity index (χ0n) is 20.9. The fraction of sp³-hybridized carbons (Fsp3) is 0.462. The van der Waals surface area contributed by atoms with E-state index >= 15 is 0 Å². The van der Waals surface area contributed by atoms with E-state index in [2.05, 4.69) is 81.0 Å². The molecule has 2 aliphatic heterocycles. The largest absolute Gasteiger partial charge is 0.378 e. The summed E-state index contributed by atoms with van der Waals surface area (Å²) in [5.74, 6) is 1.86. The minimum absolute atomic E-state index is 0.464. The molecule has 0 bridgehead atoms. The highest BCUT2D eigenvalue weighted by Gasteiger charge is 2.20. The van der Waals surface area contributed by atoms with Gasteiger partial charge in [-0.3, -0.25) is 0 Å². The fourth-order valence-electron chi connectivity index (χ4n) is 4.71. The Morgan fingerprint density at radius 3 is 2.20 bits per heavy atom. The van der Waals surface area contributed by atoms with E-state index in [1.54, 1.807) is 0 Å². The summed E-state index contributed by atoms with van der Waals surface area (Å²) in [5, 5.41) is 4.50. The maximum atomic E-state index is 5.51. The number of hydrogen-bond donors (Lipinski definition) is 1. The van der Waals surface area contributed by atoms with Crippen LogP contribution in [-0.2, 0) is 4.74 Å². The Kier molecular flexibility index (Phi) is 6.94. The third kappa shape index (κ3) is 5.30. The van der Waals surface area contributed by atoms with Gasteiger partial charge in [-0.25, -0.2) is 5.43 Å². The lowest BCUT2D eigenvalue weighted by Crippen LogP contribution is -2.38. The number of nitrogens with zero attached hydrogens (tertiary/aromatic N) is 7. The first-order valence-corrected chi connectivity index (χ1v) is 12.5. The van der Waals surface area contributed by atoms with Crippen LogP contribution in [0.1, 0.15) is 41.8 Å². The number of hydrogen-bond acceptors (Lipinski definition) is 8. The Bertz CT molecular complexity index is 1140. The van der Waals surface area contributed by atoms with Crippen LogP contribution in [0.5, 0.6) is 0 Å². The van der Waals surface area contributed by atoms with Crippen LogP contribution >= 0.6 is 0 Å². The summed E-state index contributed by atoms with van der Waals surface area (Å²) in [4.78, 5) is 18.6. The van der Waals surface area contributed by atoms with Crippen molar-refractivity contribution < 1.29 is 4.74 Å². The van der Waals surface area contributed by atoms with Crippen LogP contribution < -0.4 is 15.2 Å². The third-order valence-corrected chi connectivity index (χ3v) is 6.68. The lowest BCUT2D eigenvalue weighted by molar-refractivity contribution is 0.122. The predicted octanol–water partition coefficient (Wildman–Crippen LogP) is 3.86. The summed E-state index contributed by atoms with van der Waals surface area (Å²) in [6, 6.07) is 10.7. The van der Waals surface area contributed by atoms with Gasteiger partial charge in [-0.2, -0.15) is 20.1 Å². The zero-order valence-corrected chi connectivity index (χ0v) is 20.9. The number of benzene rings is 1. The minimum atomic E-state index is 0.464. The van der Waals surface area contributed by atoms with E-state index in [1.165, 1.54) is 12.0 Å². The summed E-state index contributed by atoms with van der Waals surface area (Å²) in [7, 11) is 0. The summed E-state index contributed by atoms with van der Waals surface area (Å²) >= 11 is 0. The number of piperidine rings is 1. The van der Waals surface area contributed by atoms with Gasteiger partial charge >= 0.3 is 0 Å². The molecular weight excluding hydrogens is 440 g/mol. The zero-order chi connectivity index (χ0) is 24.2. The molecular formula is C26H34N8O. The highest BCUT2D eigenvalue weighted by Crippen LogP contribution is 2.22. The molecule has 1 aromatic carbocycles. The molecule has 2 aliphatic rings. The van der Waals surface area contributed by atoms with Gasteiger partial charge in [0.25, 0.3) is 0 Å². The Morgan fingerprint density at radius 1 is 0.857 bits per heavy atom. The number of rotatable bonds is 6. The van der Waals surface area contributed by atoms with E-state index in [1.807, 2.05) is 6.21 Å². The maximum absolute atomic E-state index is 5.51. The molecule has 3 aromatic rings. The second-order valence-corrected chi connectivity index (χ2v) is 9.27. The van der Waals surface area contributed by atoms with Crippen LogP contribution in [0.3, 0.4) is 0 Å². The quantitative estimate of drug-likeness (QED) is 0.429. The molecule has 0 radical (unpaired) electrons. The number of hydrazone groups is 1. The van der Waals surface area contributed by atoms with E-state index in [4.69, 9.17) is 14.7 Å². The fourth-order valence-corrected chi connectivity index (χ4v) is 4.71. The van der Waals surface area contributed by atoms with Crippen LogP contribution in [0.25, 0.3) is 5.69 Å². The number of anilines is 3. The molecule has 0 amide bonds. The van der Waals surface area contributed by atoms with E-state index in [-0.39, 0.29) is 0 Å². The topological polar surface area (TPSA) is 83.7 Å². The highest BCUT2D eigenvalue weighted by molar-refractivity contribution is 5.82. The standard InChI is InChI=1S/C26H34N8O/c1-19-7-9-23(10-8-19)34-20(2)17-22(21(34)3)18-27-31-24-28-25(32-11-5-4-6-12-32)30-26(29-24)33-13-15-35-16-14-33/h7-10,17-18H,4-6,11-16H2,1-3H3,(H,28,29,30,31)/b27-18-. The van der Waals surface area contributed by atoms with Crippen molar-refractivity contribution in [1.82, 2.24) is 19.5 Å². The van der Waals surface area contributed by atoms with Crippen molar-refractivity contribution in [3.05, 3.63) is 52.8 Å². The van der Waals surface area contributed by atoms with E-state index < -0.39 is 0 Å². The second-order valence-electron chi connectivity index (χ2n) is 9.27. The van der Waals surface area contributed by atoms with Crippen molar-refractivity contribution >= 4 is 24.1 Å². The molecule has 0 atom stereocenters. The molecule has 5 rings (SSSR count). The van der Waals surface area contributed by atoms with Crippen LogP contribution in [0.2, 0.25) is 0 Å². The molecule has 0 unspecified atom stereocenters. The van der Waals surface area contributed by atoms with Crippen LogP contribution in [0.15, 0.2) is 35.4 Å². The van der Waals surface area contributed by atoms with Crippen molar-refractivity contribution in [1.29, 1.82) is 0 Å².